The molecule has 0 aliphatic carbocycles. The molecule has 0 bridgehead atoms. The van der Waals surface area contributed by atoms with E-state index in [4.69, 9.17) is 9.25 Å². The maximum absolute atomic E-state index is 6.03. The normalized spacial score (nSPS) is 17.2. The van der Waals surface area contributed by atoms with Gasteiger partial charge in [-0.05, 0) is 28.5 Å². The van der Waals surface area contributed by atoms with E-state index in [9.17, 15) is 0 Å². The Morgan fingerprint density at radius 1 is 0.833 bits per heavy atom. The van der Waals surface area contributed by atoms with Crippen molar-refractivity contribution >= 4 is 27.5 Å². The molecule has 1 unspecified atom stereocenters. The van der Waals surface area contributed by atoms with Crippen molar-refractivity contribution in [2.24, 2.45) is 5.16 Å². The van der Waals surface area contributed by atoms with Crippen LogP contribution >= 0.6 is 0 Å². The Balaban J connectivity index is 1.52. The Morgan fingerprint density at radius 3 is 2.58 bits per heavy atom. The lowest BCUT2D eigenvalue weighted by Crippen LogP contribution is -2.00. The first-order valence-electron chi connectivity index (χ1n) is 8.08. The average molecular weight is 313 g/mol. The molecule has 1 aromatic heterocycles. The number of oxime groups is 1. The smallest absolute Gasteiger partial charge is 0.158 e. The molecule has 0 radical (unpaired) electrons. The summed E-state index contributed by atoms with van der Waals surface area (Å²) in [6.45, 7) is 0. The summed E-state index contributed by atoms with van der Waals surface area (Å²) in [5.74, 6) is 0.791. The number of benzene rings is 3. The van der Waals surface area contributed by atoms with Gasteiger partial charge in [0, 0.05) is 11.8 Å². The van der Waals surface area contributed by atoms with E-state index in [1.807, 2.05) is 24.3 Å². The van der Waals surface area contributed by atoms with Crippen molar-refractivity contribution in [1.29, 1.82) is 0 Å². The molecule has 2 heterocycles. The van der Waals surface area contributed by atoms with Crippen LogP contribution in [-0.4, -0.2) is 5.71 Å². The molecule has 1 aliphatic heterocycles. The van der Waals surface area contributed by atoms with Crippen molar-refractivity contribution in [3.8, 4) is 0 Å². The lowest BCUT2D eigenvalue weighted by molar-refractivity contribution is 0.0857. The topological polar surface area (TPSA) is 34.7 Å². The van der Waals surface area contributed by atoms with Crippen LogP contribution in [0.4, 0.5) is 0 Å². The fourth-order valence-electron chi connectivity index (χ4n) is 3.30. The molecular formula is C21H15NO2. The zero-order valence-corrected chi connectivity index (χ0v) is 13.0. The highest BCUT2D eigenvalue weighted by molar-refractivity contribution is 6.10. The van der Waals surface area contributed by atoms with E-state index in [1.165, 1.54) is 10.8 Å². The fraction of sp³-hybridized carbons (Fsp3) is 0.0952. The molecule has 0 saturated carbocycles. The van der Waals surface area contributed by atoms with Crippen molar-refractivity contribution < 1.29 is 9.25 Å². The van der Waals surface area contributed by atoms with Crippen LogP contribution in [0.1, 0.15) is 23.8 Å². The summed E-state index contributed by atoms with van der Waals surface area (Å²) in [6, 6.07) is 24.7. The molecule has 1 atom stereocenters. The minimum Gasteiger partial charge on any atom is -0.455 e. The average Bonchev–Trinajstić information content (AvgIpc) is 3.29. The zero-order chi connectivity index (χ0) is 15.9. The summed E-state index contributed by atoms with van der Waals surface area (Å²) >= 11 is 0. The van der Waals surface area contributed by atoms with Crippen LogP contribution in [0.25, 0.3) is 21.7 Å². The summed E-state index contributed by atoms with van der Waals surface area (Å²) < 4.78 is 6.03. The van der Waals surface area contributed by atoms with Crippen molar-refractivity contribution in [3.63, 3.8) is 0 Å². The molecule has 3 heteroatoms. The van der Waals surface area contributed by atoms with Gasteiger partial charge >= 0.3 is 0 Å². The molecule has 1 aliphatic rings. The molecule has 116 valence electrons. The summed E-state index contributed by atoms with van der Waals surface area (Å²) in [7, 11) is 0. The van der Waals surface area contributed by atoms with Crippen LogP contribution in [0.15, 0.2) is 82.4 Å². The molecule has 0 saturated heterocycles. The van der Waals surface area contributed by atoms with Gasteiger partial charge in [-0.3, -0.25) is 0 Å². The Hall–Kier alpha value is -3.07. The largest absolute Gasteiger partial charge is 0.455 e. The van der Waals surface area contributed by atoms with E-state index in [2.05, 4.69) is 53.7 Å². The maximum atomic E-state index is 6.03. The zero-order valence-electron chi connectivity index (χ0n) is 13.0. The highest BCUT2D eigenvalue weighted by atomic mass is 16.6. The van der Waals surface area contributed by atoms with Crippen LogP contribution in [0.2, 0.25) is 0 Å². The van der Waals surface area contributed by atoms with E-state index < -0.39 is 0 Å². The summed E-state index contributed by atoms with van der Waals surface area (Å²) in [5, 5.41) is 7.79. The lowest BCUT2D eigenvalue weighted by atomic mass is 10.0. The molecule has 0 fully saturated rings. The predicted molar refractivity (Wildman–Crippen MR) is 95.1 cm³/mol. The van der Waals surface area contributed by atoms with Crippen molar-refractivity contribution in [1.82, 2.24) is 0 Å². The molecule has 4 aromatic rings. The van der Waals surface area contributed by atoms with Crippen molar-refractivity contribution in [2.45, 2.75) is 12.5 Å². The number of hydrogen-bond donors (Lipinski definition) is 0. The number of rotatable bonds is 2. The second-order valence-corrected chi connectivity index (χ2v) is 6.06. The van der Waals surface area contributed by atoms with E-state index in [0.717, 1.165) is 34.4 Å². The molecule has 24 heavy (non-hydrogen) atoms. The molecule has 0 N–H and O–H groups in total. The summed E-state index contributed by atoms with van der Waals surface area (Å²) in [4.78, 5) is 5.62. The number of nitrogens with zero attached hydrogens (tertiary/aromatic N) is 1. The van der Waals surface area contributed by atoms with Crippen LogP contribution in [0.3, 0.4) is 0 Å². The lowest BCUT2D eigenvalue weighted by Gasteiger charge is -2.06. The third-order valence-electron chi connectivity index (χ3n) is 4.55. The number of hydrogen-bond acceptors (Lipinski definition) is 3. The van der Waals surface area contributed by atoms with Gasteiger partial charge in [0.25, 0.3) is 0 Å². The minimum absolute atomic E-state index is 0.0360. The van der Waals surface area contributed by atoms with Gasteiger partial charge in [0.15, 0.2) is 11.9 Å². The van der Waals surface area contributed by atoms with Crippen LogP contribution in [-0.2, 0) is 4.84 Å². The first-order chi connectivity index (χ1) is 11.9. The Kier molecular flexibility index (Phi) is 2.92. The first kappa shape index (κ1) is 13.4. The van der Waals surface area contributed by atoms with Crippen molar-refractivity contribution in [3.05, 3.63) is 84.1 Å². The molecule has 0 spiro atoms. The summed E-state index contributed by atoms with van der Waals surface area (Å²) in [6.07, 6.45) is 0.688. The third kappa shape index (κ3) is 2.09. The molecule has 0 amide bonds. The maximum Gasteiger partial charge on any atom is 0.158 e. The first-order valence-corrected chi connectivity index (χ1v) is 8.08. The van der Waals surface area contributed by atoms with Gasteiger partial charge in [0.1, 0.15) is 11.3 Å². The predicted octanol–water partition coefficient (Wildman–Crippen LogP) is 5.45. The van der Waals surface area contributed by atoms with E-state index in [0.29, 0.717) is 0 Å². The second kappa shape index (κ2) is 5.24. The minimum atomic E-state index is -0.0360. The molecular weight excluding hydrogens is 298 g/mol. The fourth-order valence-corrected chi connectivity index (χ4v) is 3.30. The van der Waals surface area contributed by atoms with Gasteiger partial charge in [0.2, 0.25) is 0 Å². The van der Waals surface area contributed by atoms with Gasteiger partial charge < -0.3 is 9.25 Å². The Labute approximate surface area is 139 Å². The van der Waals surface area contributed by atoms with Crippen LogP contribution in [0.5, 0.6) is 0 Å². The third-order valence-corrected chi connectivity index (χ3v) is 4.55. The van der Waals surface area contributed by atoms with Gasteiger partial charge in [-0.25, -0.2) is 0 Å². The highest BCUT2D eigenvalue weighted by Gasteiger charge is 2.26. The molecule has 3 nitrogen and oxygen atoms in total. The second-order valence-electron chi connectivity index (χ2n) is 6.06. The monoisotopic (exact) mass is 313 g/mol. The standard InChI is InChI=1S/C21H15NO2/c1-2-7-15(8-3-1)20-13-18(22-24-20)21-12-17-16-9-5-4-6-14(16)10-11-19(17)23-21/h1-12,20H,13H2. The van der Waals surface area contributed by atoms with E-state index in [1.54, 1.807) is 0 Å². The van der Waals surface area contributed by atoms with Crippen LogP contribution < -0.4 is 0 Å². The SMILES string of the molecule is c1ccc(C2CC(c3cc4c(ccc5ccccc54)o3)=NO2)cc1. The summed E-state index contributed by atoms with van der Waals surface area (Å²) in [5.41, 5.74) is 2.89. The molecule has 5 rings (SSSR count). The van der Waals surface area contributed by atoms with E-state index >= 15 is 0 Å². The quantitative estimate of drug-likeness (QED) is 0.493. The molecule has 3 aromatic carbocycles. The highest BCUT2D eigenvalue weighted by Crippen LogP contribution is 2.33. The Morgan fingerprint density at radius 2 is 1.67 bits per heavy atom. The Bertz CT molecular complexity index is 1060. The van der Waals surface area contributed by atoms with Crippen molar-refractivity contribution in [2.75, 3.05) is 0 Å². The van der Waals surface area contributed by atoms with Crippen LogP contribution in [0, 0.1) is 0 Å². The van der Waals surface area contributed by atoms with Gasteiger partial charge in [-0.15, -0.1) is 0 Å². The van der Waals surface area contributed by atoms with Gasteiger partial charge in [-0.1, -0.05) is 65.8 Å². The number of furan rings is 1. The van der Waals surface area contributed by atoms with Gasteiger partial charge in [-0.2, -0.15) is 0 Å². The van der Waals surface area contributed by atoms with E-state index in [-0.39, 0.29) is 6.10 Å². The van der Waals surface area contributed by atoms with Gasteiger partial charge in [0.05, 0.1) is 0 Å². The number of fused-ring (bicyclic) bond motifs is 3.